The summed E-state index contributed by atoms with van der Waals surface area (Å²) in [6.07, 6.45) is 10.2. The second kappa shape index (κ2) is 4.03. The molecule has 0 saturated heterocycles. The van der Waals surface area contributed by atoms with E-state index in [0.717, 1.165) is 6.42 Å². The number of hydrogen-bond donors (Lipinski definition) is 0. The van der Waals surface area contributed by atoms with Gasteiger partial charge in [-0.2, -0.15) is 0 Å². The molecule has 3 rings (SSSR count). The lowest BCUT2D eigenvalue weighted by molar-refractivity contribution is 0.705. The van der Waals surface area contributed by atoms with E-state index in [4.69, 9.17) is 0 Å². The van der Waals surface area contributed by atoms with Gasteiger partial charge in [-0.1, -0.05) is 73.6 Å². The second-order valence-electron chi connectivity index (χ2n) is 5.23. The maximum atomic E-state index is 2.39. The van der Waals surface area contributed by atoms with E-state index in [1.807, 2.05) is 0 Å². The minimum absolute atomic E-state index is 0.529. The molecule has 0 aromatic heterocycles. The van der Waals surface area contributed by atoms with Crippen LogP contribution in [0, 0.1) is 5.92 Å². The van der Waals surface area contributed by atoms with Crippen LogP contribution in [0.5, 0.6) is 0 Å². The summed E-state index contributed by atoms with van der Waals surface area (Å²) in [4.78, 5) is 0. The first-order chi connectivity index (χ1) is 8.27. The van der Waals surface area contributed by atoms with Crippen molar-refractivity contribution in [2.45, 2.75) is 26.2 Å². The highest BCUT2D eigenvalue weighted by atomic mass is 14.3. The maximum Gasteiger partial charge on any atom is 0.0275 e. The Bertz CT molecular complexity index is 527. The van der Waals surface area contributed by atoms with E-state index in [9.17, 15) is 0 Å². The molecule has 0 nitrogen and oxygen atoms in total. The van der Waals surface area contributed by atoms with Crippen LogP contribution < -0.4 is 0 Å². The smallest absolute Gasteiger partial charge is 0.0275 e. The average Bonchev–Trinajstić information content (AvgIpc) is 2.94. The summed E-state index contributed by atoms with van der Waals surface area (Å²) in [5.41, 5.74) is 6.02. The van der Waals surface area contributed by atoms with E-state index in [1.54, 1.807) is 11.1 Å². The van der Waals surface area contributed by atoms with Crippen LogP contribution in [0.3, 0.4) is 0 Å². The van der Waals surface area contributed by atoms with Gasteiger partial charge in [-0.3, -0.25) is 0 Å². The monoisotopic (exact) mass is 222 g/mol. The Kier molecular flexibility index (Phi) is 2.51. The first-order valence-electron chi connectivity index (χ1n) is 6.43. The molecular formula is C17H18. The average molecular weight is 222 g/mol. The molecule has 0 N–H and O–H groups in total. The van der Waals surface area contributed by atoms with Gasteiger partial charge in [-0.15, -0.1) is 0 Å². The van der Waals surface area contributed by atoms with Crippen LogP contribution in [-0.4, -0.2) is 0 Å². The van der Waals surface area contributed by atoms with Crippen molar-refractivity contribution >= 4 is 6.08 Å². The Labute approximate surface area is 103 Å². The molecule has 86 valence electrons. The molecule has 0 radical (unpaired) electrons. The quantitative estimate of drug-likeness (QED) is 0.679. The zero-order valence-electron chi connectivity index (χ0n) is 10.5. The molecule has 0 heteroatoms. The molecule has 1 aromatic carbocycles. The van der Waals surface area contributed by atoms with Crippen molar-refractivity contribution in [2.24, 2.45) is 5.92 Å². The lowest BCUT2D eigenvalue weighted by Crippen LogP contribution is -2.06. The number of hydrogen-bond acceptors (Lipinski definition) is 0. The van der Waals surface area contributed by atoms with Gasteiger partial charge in [0.25, 0.3) is 0 Å². The number of fused-ring (bicyclic) bond motifs is 1. The minimum Gasteiger partial charge on any atom is -0.0804 e. The highest BCUT2D eigenvalue weighted by Crippen LogP contribution is 2.45. The van der Waals surface area contributed by atoms with Gasteiger partial charge >= 0.3 is 0 Å². The van der Waals surface area contributed by atoms with E-state index >= 15 is 0 Å². The molecule has 0 aliphatic heterocycles. The van der Waals surface area contributed by atoms with Gasteiger partial charge in [-0.05, 0) is 23.5 Å². The summed E-state index contributed by atoms with van der Waals surface area (Å²) in [5, 5.41) is 0. The first-order valence-corrected chi connectivity index (χ1v) is 6.43. The molecule has 0 fully saturated rings. The maximum absolute atomic E-state index is 2.39. The van der Waals surface area contributed by atoms with Gasteiger partial charge in [0.05, 0.1) is 0 Å². The number of benzene rings is 1. The molecular weight excluding hydrogens is 204 g/mol. The predicted octanol–water partition coefficient (Wildman–Crippen LogP) is 4.71. The van der Waals surface area contributed by atoms with E-state index in [2.05, 4.69) is 62.4 Å². The summed E-state index contributed by atoms with van der Waals surface area (Å²) < 4.78 is 0. The molecule has 1 aromatic rings. The van der Waals surface area contributed by atoms with Gasteiger partial charge < -0.3 is 0 Å². The van der Waals surface area contributed by atoms with Gasteiger partial charge in [0.2, 0.25) is 0 Å². The Morgan fingerprint density at radius 1 is 1.18 bits per heavy atom. The normalized spacial score (nSPS) is 21.7. The minimum atomic E-state index is 0.529. The SMILES string of the molecule is CC(C)C1=Cc2ccccc2C1C1=CC=CC1. The van der Waals surface area contributed by atoms with E-state index in [-0.39, 0.29) is 0 Å². The third-order valence-electron chi connectivity index (χ3n) is 3.80. The molecule has 0 heterocycles. The summed E-state index contributed by atoms with van der Waals surface area (Å²) in [6.45, 7) is 4.60. The zero-order valence-corrected chi connectivity index (χ0v) is 10.5. The molecule has 0 amide bonds. The molecule has 0 bridgehead atoms. The third kappa shape index (κ3) is 1.68. The van der Waals surface area contributed by atoms with E-state index in [0.29, 0.717) is 11.8 Å². The number of rotatable bonds is 2. The second-order valence-corrected chi connectivity index (χ2v) is 5.23. The fourth-order valence-corrected chi connectivity index (χ4v) is 2.94. The first kappa shape index (κ1) is 10.6. The van der Waals surface area contributed by atoms with Gasteiger partial charge in [0.15, 0.2) is 0 Å². The highest BCUT2D eigenvalue weighted by Gasteiger charge is 2.29. The van der Waals surface area contributed by atoms with E-state index < -0.39 is 0 Å². The Balaban J connectivity index is 2.08. The summed E-state index contributed by atoms with van der Waals surface area (Å²) in [6, 6.07) is 8.81. The summed E-state index contributed by atoms with van der Waals surface area (Å²) in [5.74, 6) is 1.15. The lowest BCUT2D eigenvalue weighted by atomic mass is 9.83. The lowest BCUT2D eigenvalue weighted by Gasteiger charge is -2.21. The van der Waals surface area contributed by atoms with Crippen molar-refractivity contribution in [3.8, 4) is 0 Å². The van der Waals surface area contributed by atoms with Crippen molar-refractivity contribution < 1.29 is 0 Å². The van der Waals surface area contributed by atoms with Crippen molar-refractivity contribution in [3.05, 3.63) is 64.8 Å². The fourth-order valence-electron chi connectivity index (χ4n) is 2.94. The van der Waals surface area contributed by atoms with Crippen molar-refractivity contribution in [2.75, 3.05) is 0 Å². The molecule has 1 atom stereocenters. The van der Waals surface area contributed by atoms with Crippen molar-refractivity contribution in [1.82, 2.24) is 0 Å². The molecule has 2 aliphatic carbocycles. The molecule has 0 saturated carbocycles. The third-order valence-corrected chi connectivity index (χ3v) is 3.80. The van der Waals surface area contributed by atoms with Gasteiger partial charge in [0, 0.05) is 5.92 Å². The van der Waals surface area contributed by atoms with Crippen LogP contribution in [0.1, 0.15) is 37.3 Å². The zero-order chi connectivity index (χ0) is 11.8. The van der Waals surface area contributed by atoms with Crippen LogP contribution in [0.4, 0.5) is 0 Å². The standard InChI is InChI=1S/C17H18/c1-12(2)16-11-14-9-5-6-10-15(14)17(16)13-7-3-4-8-13/h3-7,9-12,17H,8H2,1-2H3. The van der Waals surface area contributed by atoms with Crippen molar-refractivity contribution in [3.63, 3.8) is 0 Å². The van der Waals surface area contributed by atoms with Crippen LogP contribution in [0.2, 0.25) is 0 Å². The Morgan fingerprint density at radius 2 is 2.00 bits per heavy atom. The molecule has 0 spiro atoms. The topological polar surface area (TPSA) is 0 Å². The van der Waals surface area contributed by atoms with Crippen LogP contribution >= 0.6 is 0 Å². The van der Waals surface area contributed by atoms with E-state index in [1.165, 1.54) is 11.1 Å². The van der Waals surface area contributed by atoms with Gasteiger partial charge in [0.1, 0.15) is 0 Å². The largest absolute Gasteiger partial charge is 0.0804 e. The molecule has 2 aliphatic rings. The fraction of sp³-hybridized carbons (Fsp3) is 0.294. The van der Waals surface area contributed by atoms with Crippen molar-refractivity contribution in [1.29, 1.82) is 0 Å². The Hall–Kier alpha value is -1.56. The van der Waals surface area contributed by atoms with Crippen LogP contribution in [0.25, 0.3) is 6.08 Å². The Morgan fingerprint density at radius 3 is 2.71 bits per heavy atom. The summed E-state index contributed by atoms with van der Waals surface area (Å²) in [7, 11) is 0. The van der Waals surface area contributed by atoms with Crippen LogP contribution in [-0.2, 0) is 0 Å². The van der Waals surface area contributed by atoms with Gasteiger partial charge in [-0.25, -0.2) is 0 Å². The highest BCUT2D eigenvalue weighted by molar-refractivity contribution is 5.69. The predicted molar refractivity (Wildman–Crippen MR) is 73.8 cm³/mol. The molecule has 17 heavy (non-hydrogen) atoms. The number of allylic oxidation sites excluding steroid dienone is 5. The summed E-state index contributed by atoms with van der Waals surface area (Å²) >= 11 is 0. The van der Waals surface area contributed by atoms with Crippen LogP contribution in [0.15, 0.2) is 53.6 Å². The molecule has 1 unspecified atom stereocenters.